The van der Waals surface area contributed by atoms with E-state index in [1.165, 1.54) is 0 Å². The van der Waals surface area contributed by atoms with Crippen LogP contribution in [0.4, 0.5) is 0 Å². The summed E-state index contributed by atoms with van der Waals surface area (Å²) in [4.78, 5) is 0. The molecule has 9 heavy (non-hydrogen) atoms. The van der Waals surface area contributed by atoms with Gasteiger partial charge < -0.3 is 4.74 Å². The first-order valence-electron chi connectivity index (χ1n) is 2.54. The van der Waals surface area contributed by atoms with Gasteiger partial charge in [0.25, 0.3) is 0 Å². The highest BCUT2D eigenvalue weighted by atomic mass is 35.5. The fraction of sp³-hybridized carbons (Fsp3) is 0.667. The van der Waals surface area contributed by atoms with Crippen LogP contribution in [0.25, 0.3) is 0 Å². The number of ether oxygens (including phenoxy) is 1. The van der Waals surface area contributed by atoms with Gasteiger partial charge in [0.15, 0.2) is 0 Å². The van der Waals surface area contributed by atoms with E-state index in [-0.39, 0.29) is 5.56 Å². The average molecular weight is 167 g/mol. The fourth-order valence-electron chi connectivity index (χ4n) is 0.255. The first kappa shape index (κ1) is 9.10. The van der Waals surface area contributed by atoms with Crippen LogP contribution in [0.2, 0.25) is 0 Å². The Labute approximate surface area is 65.3 Å². The summed E-state index contributed by atoms with van der Waals surface area (Å²) >= 11 is 10.7. The van der Waals surface area contributed by atoms with Gasteiger partial charge in [-0.05, 0) is 6.92 Å². The van der Waals surface area contributed by atoms with Crippen molar-refractivity contribution in [2.45, 2.75) is 12.5 Å². The first-order valence-corrected chi connectivity index (χ1v) is 3.52. The molecule has 0 rings (SSSR count). The van der Waals surface area contributed by atoms with E-state index < -0.39 is 0 Å². The van der Waals surface area contributed by atoms with E-state index >= 15 is 0 Å². The van der Waals surface area contributed by atoms with Gasteiger partial charge in [-0.25, -0.2) is 0 Å². The molecule has 0 aromatic rings. The van der Waals surface area contributed by atoms with Crippen molar-refractivity contribution in [2.24, 2.45) is 0 Å². The molecule has 0 heterocycles. The van der Waals surface area contributed by atoms with Crippen molar-refractivity contribution in [3.05, 3.63) is 0 Å². The number of halogens is 2. The van der Waals surface area contributed by atoms with Crippen LogP contribution >= 0.6 is 23.2 Å². The van der Waals surface area contributed by atoms with Crippen molar-refractivity contribution in [3.8, 4) is 11.8 Å². The van der Waals surface area contributed by atoms with Crippen LogP contribution in [0.5, 0.6) is 0 Å². The largest absolute Gasteiger partial charge is 0.350 e. The maximum atomic E-state index is 5.43. The third-order valence-electron chi connectivity index (χ3n) is 0.577. The summed E-state index contributed by atoms with van der Waals surface area (Å²) in [5.41, 5.74) is -0.269. The minimum atomic E-state index is -0.269. The number of alkyl halides is 2. The van der Waals surface area contributed by atoms with Crippen molar-refractivity contribution >= 4 is 23.2 Å². The van der Waals surface area contributed by atoms with Crippen LogP contribution in [0, 0.1) is 11.8 Å². The third kappa shape index (κ3) is 8.10. The Bertz CT molecular complexity index is 112. The first-order chi connectivity index (χ1) is 4.27. The lowest BCUT2D eigenvalue weighted by molar-refractivity contribution is 0.151. The van der Waals surface area contributed by atoms with Gasteiger partial charge in [-0.15, -0.1) is 11.6 Å². The Kier molecular flexibility index (Phi) is 6.29. The van der Waals surface area contributed by atoms with E-state index in [0.717, 1.165) is 0 Å². The van der Waals surface area contributed by atoms with Crippen LogP contribution in [-0.4, -0.2) is 18.1 Å². The predicted octanol–water partition coefficient (Wildman–Crippen LogP) is 1.83. The van der Waals surface area contributed by atoms with Crippen molar-refractivity contribution in [1.29, 1.82) is 0 Å². The van der Waals surface area contributed by atoms with Gasteiger partial charge >= 0.3 is 0 Å². The summed E-state index contributed by atoms with van der Waals surface area (Å²) in [5, 5.41) is 0. The van der Waals surface area contributed by atoms with Crippen LogP contribution in [0.3, 0.4) is 0 Å². The molecule has 0 aliphatic heterocycles. The number of rotatable bonds is 2. The minimum absolute atomic E-state index is 0.269. The average Bonchev–Trinajstić information content (AvgIpc) is 1.80. The summed E-state index contributed by atoms with van der Waals surface area (Å²) in [6.07, 6.45) is 0. The molecule has 0 amide bonds. The lowest BCUT2D eigenvalue weighted by Gasteiger charge is -1.97. The molecule has 0 aromatic carbocycles. The number of hydrogen-bond donors (Lipinski definition) is 0. The van der Waals surface area contributed by atoms with Crippen molar-refractivity contribution in [2.75, 3.05) is 12.5 Å². The smallest absolute Gasteiger partial charge is 0.129 e. The van der Waals surface area contributed by atoms with Gasteiger partial charge in [0.05, 0.1) is 5.88 Å². The zero-order valence-electron chi connectivity index (χ0n) is 5.16. The third-order valence-corrected chi connectivity index (χ3v) is 0.837. The van der Waals surface area contributed by atoms with E-state index in [4.69, 9.17) is 27.9 Å². The Hall–Kier alpha value is 0.1000. The standard InChI is InChI=1S/C6H8Cl2O/c1-6(8)9-5-3-2-4-7/h6H,4-5H2,1H3. The molecule has 1 nitrogen and oxygen atoms in total. The second-order valence-electron chi connectivity index (χ2n) is 1.34. The molecular weight excluding hydrogens is 159 g/mol. The van der Waals surface area contributed by atoms with E-state index in [2.05, 4.69) is 11.8 Å². The van der Waals surface area contributed by atoms with Crippen LogP contribution in [-0.2, 0) is 4.74 Å². The predicted molar refractivity (Wildman–Crippen MR) is 39.8 cm³/mol. The van der Waals surface area contributed by atoms with E-state index in [1.807, 2.05) is 0 Å². The molecule has 1 unspecified atom stereocenters. The normalized spacial score (nSPS) is 11.9. The summed E-state index contributed by atoms with van der Waals surface area (Å²) in [6.45, 7) is 2.10. The zero-order chi connectivity index (χ0) is 7.11. The molecule has 0 bridgehead atoms. The van der Waals surface area contributed by atoms with Crippen LogP contribution in [0.15, 0.2) is 0 Å². The number of hydrogen-bond acceptors (Lipinski definition) is 1. The molecule has 0 fully saturated rings. The quantitative estimate of drug-likeness (QED) is 0.450. The minimum Gasteiger partial charge on any atom is -0.350 e. The highest BCUT2D eigenvalue weighted by Crippen LogP contribution is 1.93. The monoisotopic (exact) mass is 166 g/mol. The Balaban J connectivity index is 3.09. The van der Waals surface area contributed by atoms with E-state index in [9.17, 15) is 0 Å². The molecule has 0 N–H and O–H groups in total. The highest BCUT2D eigenvalue weighted by molar-refractivity contribution is 6.19. The highest BCUT2D eigenvalue weighted by Gasteiger charge is 1.89. The molecule has 52 valence electrons. The molecule has 0 radical (unpaired) electrons. The van der Waals surface area contributed by atoms with Crippen molar-refractivity contribution in [3.63, 3.8) is 0 Å². The van der Waals surface area contributed by atoms with Gasteiger partial charge in [-0.2, -0.15) is 0 Å². The molecule has 3 heteroatoms. The molecule has 1 atom stereocenters. The summed E-state index contributed by atoms with van der Waals surface area (Å²) in [5.74, 6) is 5.66. The maximum absolute atomic E-state index is 5.43. The maximum Gasteiger partial charge on any atom is 0.129 e. The molecule has 0 spiro atoms. The molecule has 0 saturated heterocycles. The summed E-state index contributed by atoms with van der Waals surface area (Å²) in [6, 6.07) is 0. The van der Waals surface area contributed by atoms with E-state index in [0.29, 0.717) is 12.5 Å². The molecule has 0 aliphatic rings. The Morgan fingerprint density at radius 2 is 2.22 bits per heavy atom. The molecule has 0 aromatic heterocycles. The van der Waals surface area contributed by atoms with Crippen LogP contribution < -0.4 is 0 Å². The van der Waals surface area contributed by atoms with Crippen molar-refractivity contribution in [1.82, 2.24) is 0 Å². The Morgan fingerprint density at radius 1 is 1.56 bits per heavy atom. The van der Waals surface area contributed by atoms with Crippen molar-refractivity contribution < 1.29 is 4.74 Å². The molecule has 0 saturated carbocycles. The lowest BCUT2D eigenvalue weighted by atomic mass is 10.6. The summed E-state index contributed by atoms with van der Waals surface area (Å²) < 4.78 is 4.88. The second kappa shape index (κ2) is 6.22. The zero-order valence-corrected chi connectivity index (χ0v) is 6.67. The lowest BCUT2D eigenvalue weighted by Crippen LogP contribution is -1.98. The Morgan fingerprint density at radius 3 is 2.67 bits per heavy atom. The summed E-state index contributed by atoms with van der Waals surface area (Å²) in [7, 11) is 0. The van der Waals surface area contributed by atoms with E-state index in [1.54, 1.807) is 6.92 Å². The van der Waals surface area contributed by atoms with Gasteiger partial charge in [0.2, 0.25) is 0 Å². The topological polar surface area (TPSA) is 9.23 Å². The van der Waals surface area contributed by atoms with Gasteiger partial charge in [0, 0.05) is 0 Å². The molecule has 0 aliphatic carbocycles. The molecular formula is C6H8Cl2O. The van der Waals surface area contributed by atoms with Gasteiger partial charge in [-0.3, -0.25) is 0 Å². The fourth-order valence-corrected chi connectivity index (χ4v) is 0.412. The van der Waals surface area contributed by atoms with Crippen LogP contribution in [0.1, 0.15) is 6.92 Å². The SMILES string of the molecule is CC(Cl)OCC#CCCl. The van der Waals surface area contributed by atoms with Gasteiger partial charge in [-0.1, -0.05) is 23.4 Å². The van der Waals surface area contributed by atoms with Gasteiger partial charge in [0.1, 0.15) is 12.2 Å². The second-order valence-corrected chi connectivity index (χ2v) is 2.22.